The number of halogens is 2. The van der Waals surface area contributed by atoms with Crippen molar-refractivity contribution in [3.63, 3.8) is 0 Å². The van der Waals surface area contributed by atoms with Gasteiger partial charge in [-0.15, -0.1) is 0 Å². The van der Waals surface area contributed by atoms with Crippen molar-refractivity contribution in [1.29, 1.82) is 0 Å². The van der Waals surface area contributed by atoms with Crippen LogP contribution in [0.1, 0.15) is 166 Å². The molecule has 251 valence electrons. The summed E-state index contributed by atoms with van der Waals surface area (Å²) in [6.45, 7) is 42.9. The van der Waals surface area contributed by atoms with E-state index in [-0.39, 0.29) is 45.6 Å². The van der Waals surface area contributed by atoms with Crippen LogP contribution in [0.5, 0.6) is 0 Å². The SMILES string of the molecule is CC(C)(C)c1cc(C(C)(C)C)n(C(C)(n2nc(C(C)(C)C)cc2C(C)(C)C)n2nc(C(C)(C)C)cc2C(C)(C)C)n1.[Cl][Mn][Cl]. The van der Waals surface area contributed by atoms with Crippen molar-refractivity contribution < 1.29 is 13.1 Å². The van der Waals surface area contributed by atoms with Gasteiger partial charge in [-0.1, -0.05) is 125 Å². The summed E-state index contributed by atoms with van der Waals surface area (Å²) >= 11 is 0.00694. The van der Waals surface area contributed by atoms with Gasteiger partial charge in [0, 0.05) is 56.5 Å². The van der Waals surface area contributed by atoms with Crippen LogP contribution in [-0.4, -0.2) is 29.3 Å². The molecule has 6 nitrogen and oxygen atoms in total. The average molecular weight is 691 g/mol. The zero-order chi connectivity index (χ0) is 34.6. The van der Waals surface area contributed by atoms with Crippen LogP contribution < -0.4 is 0 Å². The van der Waals surface area contributed by atoms with Gasteiger partial charge >= 0.3 is 33.3 Å². The summed E-state index contributed by atoms with van der Waals surface area (Å²) in [5.74, 6) is -0.898. The Morgan fingerprint density at radius 1 is 0.409 bits per heavy atom. The maximum absolute atomic E-state index is 5.46. The van der Waals surface area contributed by atoms with E-state index in [1.807, 2.05) is 0 Å². The molecule has 0 aliphatic heterocycles. The number of aromatic nitrogens is 6. The standard InChI is InChI=1S/C35H60N6.2ClH.Mn/c1-29(2,3)23-20-26(32(10,11)12)39(36-23)35(19,40-27(33(13,14)15)21-24(37-40)30(4,5)6)41-28(34(16,17)18)22-25(38-41)31(7,8)9;;;/h20-22H,1-19H3;2*1H;/q;;;+2/p-2. The molecule has 0 unspecified atom stereocenters. The molecule has 0 saturated carbocycles. The molecule has 0 aliphatic carbocycles. The van der Waals surface area contributed by atoms with Gasteiger partial charge in [-0.3, -0.25) is 0 Å². The predicted octanol–water partition coefficient (Wildman–Crippen LogP) is 10.2. The molecule has 0 spiro atoms. The summed E-state index contributed by atoms with van der Waals surface area (Å²) in [4.78, 5) is 0. The fraction of sp³-hybridized carbons (Fsp3) is 0.743. The Labute approximate surface area is 283 Å². The first-order valence-electron chi connectivity index (χ1n) is 15.6. The normalized spacial score (nSPS) is 14.1. The van der Waals surface area contributed by atoms with Crippen molar-refractivity contribution >= 4 is 20.2 Å². The van der Waals surface area contributed by atoms with E-state index in [0.29, 0.717) is 0 Å². The van der Waals surface area contributed by atoms with Gasteiger partial charge in [0.2, 0.25) is 5.79 Å². The molecule has 0 atom stereocenters. The van der Waals surface area contributed by atoms with Gasteiger partial charge in [-0.25, -0.2) is 14.0 Å². The zero-order valence-corrected chi connectivity index (χ0v) is 33.7. The Morgan fingerprint density at radius 3 is 0.727 bits per heavy atom. The molecule has 0 saturated heterocycles. The van der Waals surface area contributed by atoms with Crippen LogP contribution in [-0.2, 0) is 51.4 Å². The van der Waals surface area contributed by atoms with Crippen LogP contribution in [0.15, 0.2) is 18.2 Å². The molecule has 0 bridgehead atoms. The molecule has 0 amide bonds. The molecule has 0 radical (unpaired) electrons. The van der Waals surface area contributed by atoms with Crippen molar-refractivity contribution in [3.8, 4) is 0 Å². The molecule has 0 N–H and O–H groups in total. The first-order chi connectivity index (χ1) is 19.4. The van der Waals surface area contributed by atoms with Crippen LogP contribution in [0.2, 0.25) is 0 Å². The Hall–Kier alpha value is -1.27. The Morgan fingerprint density at radius 2 is 0.591 bits per heavy atom. The van der Waals surface area contributed by atoms with E-state index in [4.69, 9.17) is 35.5 Å². The molecule has 0 aliphatic rings. The first kappa shape index (κ1) is 38.9. The molecule has 44 heavy (non-hydrogen) atoms. The second-order valence-corrected chi connectivity index (χ2v) is 20.5. The van der Waals surface area contributed by atoms with Crippen molar-refractivity contribution in [2.24, 2.45) is 0 Å². The van der Waals surface area contributed by atoms with Crippen LogP contribution in [0, 0.1) is 0 Å². The minimum absolute atomic E-state index is 0.00694. The molecule has 3 aromatic heterocycles. The van der Waals surface area contributed by atoms with Gasteiger partial charge in [0.1, 0.15) is 0 Å². The number of rotatable bonds is 3. The summed E-state index contributed by atoms with van der Waals surface area (Å²) in [6, 6.07) is 6.90. The first-order valence-corrected chi connectivity index (χ1v) is 18.9. The topological polar surface area (TPSA) is 53.5 Å². The monoisotopic (exact) mass is 689 g/mol. The summed E-state index contributed by atoms with van der Waals surface area (Å²) < 4.78 is 6.70. The third-order valence-electron chi connectivity index (χ3n) is 7.94. The zero-order valence-electron chi connectivity index (χ0n) is 31.0. The van der Waals surface area contributed by atoms with Gasteiger partial charge in [0.25, 0.3) is 0 Å². The van der Waals surface area contributed by atoms with E-state index in [0.717, 1.165) is 34.2 Å². The van der Waals surface area contributed by atoms with E-state index in [1.54, 1.807) is 0 Å². The van der Waals surface area contributed by atoms with E-state index < -0.39 is 5.79 Å². The van der Waals surface area contributed by atoms with E-state index >= 15 is 0 Å². The van der Waals surface area contributed by atoms with Gasteiger partial charge < -0.3 is 0 Å². The number of hydrogen-bond acceptors (Lipinski definition) is 3. The molecular formula is C35H60Cl2MnN6. The molecular weight excluding hydrogens is 630 g/mol. The number of hydrogen-bond donors (Lipinski definition) is 0. The summed E-state index contributed by atoms with van der Waals surface area (Å²) in [5, 5.41) is 16.4. The van der Waals surface area contributed by atoms with Crippen molar-refractivity contribution in [1.82, 2.24) is 29.3 Å². The van der Waals surface area contributed by atoms with Crippen LogP contribution in [0.4, 0.5) is 0 Å². The fourth-order valence-electron chi connectivity index (χ4n) is 5.08. The van der Waals surface area contributed by atoms with Crippen molar-refractivity contribution in [2.75, 3.05) is 0 Å². The molecule has 0 fully saturated rings. The minimum atomic E-state index is -0.898. The Balaban J connectivity index is 0.00000216. The van der Waals surface area contributed by atoms with Gasteiger partial charge in [0.05, 0.1) is 17.1 Å². The van der Waals surface area contributed by atoms with E-state index in [1.165, 1.54) is 0 Å². The summed E-state index contributed by atoms with van der Waals surface area (Å²) in [7, 11) is 9.59. The third kappa shape index (κ3) is 8.17. The van der Waals surface area contributed by atoms with Crippen LogP contribution in [0.3, 0.4) is 0 Å². The van der Waals surface area contributed by atoms with Crippen molar-refractivity contribution in [3.05, 3.63) is 52.4 Å². The fourth-order valence-corrected chi connectivity index (χ4v) is 5.08. The average Bonchev–Trinajstić information content (AvgIpc) is 3.53. The summed E-state index contributed by atoms with van der Waals surface area (Å²) in [6.07, 6.45) is 0. The van der Waals surface area contributed by atoms with E-state index in [2.05, 4.69) is 164 Å². The molecule has 3 heterocycles. The maximum atomic E-state index is 5.46. The second kappa shape index (κ2) is 12.4. The van der Waals surface area contributed by atoms with E-state index in [9.17, 15) is 0 Å². The number of nitrogens with zero attached hydrogens (tertiary/aromatic N) is 6. The molecule has 9 heteroatoms. The summed E-state index contributed by atoms with van der Waals surface area (Å²) in [5.41, 5.74) is 5.82. The molecule has 3 aromatic rings. The van der Waals surface area contributed by atoms with Gasteiger partial charge in [0.15, 0.2) is 0 Å². The van der Waals surface area contributed by atoms with Crippen LogP contribution >= 0.6 is 20.2 Å². The Kier molecular flexibility index (Phi) is 11.0. The molecule has 0 aromatic carbocycles. The van der Waals surface area contributed by atoms with Gasteiger partial charge in [-0.05, 0) is 18.2 Å². The van der Waals surface area contributed by atoms with Crippen LogP contribution in [0.25, 0.3) is 0 Å². The second-order valence-electron chi connectivity index (χ2n) is 18.5. The van der Waals surface area contributed by atoms with Crippen molar-refractivity contribution in [2.45, 2.75) is 170 Å². The third-order valence-corrected chi connectivity index (χ3v) is 7.94. The predicted molar refractivity (Wildman–Crippen MR) is 185 cm³/mol. The Bertz CT molecular complexity index is 1250. The molecule has 3 rings (SSSR count). The quantitative estimate of drug-likeness (QED) is 0.257. The van der Waals surface area contributed by atoms with Gasteiger partial charge in [-0.2, -0.15) is 15.3 Å².